The molecule has 0 radical (unpaired) electrons. The molecule has 9 nitrogen and oxygen atoms in total. The second kappa shape index (κ2) is 10.5. The summed E-state index contributed by atoms with van der Waals surface area (Å²) in [6, 6.07) is 6.17. The van der Waals surface area contributed by atoms with E-state index in [1.54, 1.807) is 37.5 Å². The molecule has 0 unspecified atom stereocenters. The minimum Gasteiger partial charge on any atom is -0.371 e. The lowest BCUT2D eigenvalue weighted by atomic mass is 10.1. The predicted octanol–water partition coefficient (Wildman–Crippen LogP) is 1.13. The number of halogens is 1. The zero-order valence-corrected chi connectivity index (χ0v) is 16.8. The van der Waals surface area contributed by atoms with Crippen LogP contribution in [0.3, 0.4) is 0 Å². The molecule has 1 saturated heterocycles. The van der Waals surface area contributed by atoms with E-state index < -0.39 is 17.7 Å². The number of hydroxylamine groups is 1. The highest BCUT2D eigenvalue weighted by Crippen LogP contribution is 2.23. The minimum absolute atomic E-state index is 0.0225. The summed E-state index contributed by atoms with van der Waals surface area (Å²) in [6.45, 7) is 4.99. The van der Waals surface area contributed by atoms with Crippen LogP contribution in [0.15, 0.2) is 36.7 Å². The van der Waals surface area contributed by atoms with E-state index >= 15 is 0 Å². The van der Waals surface area contributed by atoms with E-state index in [2.05, 4.69) is 25.7 Å². The van der Waals surface area contributed by atoms with Crippen LogP contribution in [-0.4, -0.2) is 61.1 Å². The Bertz CT molecular complexity index is 859. The number of carbonyl (C=O) groups is 2. The van der Waals surface area contributed by atoms with Gasteiger partial charge in [-0.25, -0.2) is 14.4 Å². The highest BCUT2D eigenvalue weighted by Gasteiger charge is 2.21. The van der Waals surface area contributed by atoms with Gasteiger partial charge in [0.1, 0.15) is 5.82 Å². The SMILES string of the molecule is CCNOC(=O)CCNC(=O)c1ccc(N2CCN(c3ncccn3)CC2)c(F)c1. The Labute approximate surface area is 174 Å². The molecule has 0 atom stereocenters. The van der Waals surface area contributed by atoms with Crippen molar-refractivity contribution in [2.45, 2.75) is 13.3 Å². The zero-order chi connectivity index (χ0) is 21.3. The summed E-state index contributed by atoms with van der Waals surface area (Å²) in [4.78, 5) is 40.8. The van der Waals surface area contributed by atoms with Gasteiger partial charge in [-0.15, -0.1) is 0 Å². The highest BCUT2D eigenvalue weighted by atomic mass is 19.1. The molecule has 160 valence electrons. The zero-order valence-electron chi connectivity index (χ0n) is 16.8. The molecule has 10 heteroatoms. The van der Waals surface area contributed by atoms with E-state index in [0.717, 1.165) is 0 Å². The lowest BCUT2D eigenvalue weighted by Crippen LogP contribution is -2.47. The molecule has 0 aliphatic carbocycles. The third-order valence-electron chi connectivity index (χ3n) is 4.61. The van der Waals surface area contributed by atoms with Crippen molar-refractivity contribution in [1.82, 2.24) is 20.8 Å². The Hall–Kier alpha value is -3.27. The van der Waals surface area contributed by atoms with Gasteiger partial charge in [-0.3, -0.25) is 9.59 Å². The Balaban J connectivity index is 1.51. The van der Waals surface area contributed by atoms with Crippen LogP contribution in [-0.2, 0) is 9.63 Å². The van der Waals surface area contributed by atoms with Crippen molar-refractivity contribution in [3.05, 3.63) is 48.0 Å². The number of rotatable bonds is 8. The van der Waals surface area contributed by atoms with E-state index in [-0.39, 0.29) is 18.5 Å². The summed E-state index contributed by atoms with van der Waals surface area (Å²) in [7, 11) is 0. The molecular weight excluding hydrogens is 391 g/mol. The molecule has 3 rings (SSSR count). The van der Waals surface area contributed by atoms with Crippen molar-refractivity contribution < 1.29 is 18.8 Å². The number of nitrogens with one attached hydrogen (secondary N) is 2. The summed E-state index contributed by atoms with van der Waals surface area (Å²) >= 11 is 0. The van der Waals surface area contributed by atoms with Gasteiger partial charge >= 0.3 is 5.97 Å². The molecule has 30 heavy (non-hydrogen) atoms. The Kier molecular flexibility index (Phi) is 7.50. The van der Waals surface area contributed by atoms with Crippen molar-refractivity contribution in [1.29, 1.82) is 0 Å². The maximum atomic E-state index is 14.7. The van der Waals surface area contributed by atoms with Crippen LogP contribution in [0.5, 0.6) is 0 Å². The van der Waals surface area contributed by atoms with Crippen molar-refractivity contribution >= 4 is 23.5 Å². The molecule has 1 aliphatic rings. The molecule has 1 amide bonds. The first kappa shape index (κ1) is 21.4. The van der Waals surface area contributed by atoms with Gasteiger partial charge in [0.05, 0.1) is 12.1 Å². The van der Waals surface area contributed by atoms with Crippen LogP contribution in [0.2, 0.25) is 0 Å². The molecule has 2 aromatic rings. The molecule has 1 aliphatic heterocycles. The van der Waals surface area contributed by atoms with Gasteiger partial charge in [0.2, 0.25) is 5.95 Å². The summed E-state index contributed by atoms with van der Waals surface area (Å²) in [5, 5.41) is 2.59. The van der Waals surface area contributed by atoms with Gasteiger partial charge in [0.15, 0.2) is 0 Å². The second-order valence-electron chi connectivity index (χ2n) is 6.67. The number of amides is 1. The van der Waals surface area contributed by atoms with E-state index in [0.29, 0.717) is 44.4 Å². The third-order valence-corrected chi connectivity index (χ3v) is 4.61. The lowest BCUT2D eigenvalue weighted by molar-refractivity contribution is -0.150. The van der Waals surface area contributed by atoms with E-state index in [9.17, 15) is 14.0 Å². The monoisotopic (exact) mass is 416 g/mol. The summed E-state index contributed by atoms with van der Waals surface area (Å²) in [5.74, 6) is -0.709. The normalized spacial score (nSPS) is 13.8. The third kappa shape index (κ3) is 5.63. The van der Waals surface area contributed by atoms with Crippen LogP contribution in [0, 0.1) is 5.82 Å². The van der Waals surface area contributed by atoms with Gasteiger partial charge < -0.3 is 20.0 Å². The van der Waals surface area contributed by atoms with Crippen molar-refractivity contribution in [3.8, 4) is 0 Å². The number of carbonyl (C=O) groups excluding carboxylic acids is 2. The standard InChI is InChI=1S/C20H25FN6O3/c1-2-25-30-18(28)6-9-22-19(29)15-4-5-17(16(21)14-15)26-10-12-27(13-11-26)20-23-7-3-8-24-20/h3-5,7-8,14,25H,2,6,9-13H2,1H3,(H,22,29). The summed E-state index contributed by atoms with van der Waals surface area (Å²) in [5.41, 5.74) is 3.10. The Morgan fingerprint density at radius 3 is 2.50 bits per heavy atom. The minimum atomic E-state index is -0.473. The number of hydrogen-bond acceptors (Lipinski definition) is 8. The second-order valence-corrected chi connectivity index (χ2v) is 6.67. The van der Waals surface area contributed by atoms with Crippen LogP contribution >= 0.6 is 0 Å². The van der Waals surface area contributed by atoms with Crippen LogP contribution in [0.1, 0.15) is 23.7 Å². The Morgan fingerprint density at radius 1 is 1.13 bits per heavy atom. The molecule has 0 saturated carbocycles. The van der Waals surface area contributed by atoms with Gasteiger partial charge in [0, 0.05) is 57.2 Å². The number of nitrogens with zero attached hydrogens (tertiary/aromatic N) is 4. The lowest BCUT2D eigenvalue weighted by Gasteiger charge is -2.36. The first-order chi connectivity index (χ1) is 14.6. The fraction of sp³-hybridized carbons (Fsp3) is 0.400. The largest absolute Gasteiger partial charge is 0.371 e. The van der Waals surface area contributed by atoms with Crippen molar-refractivity contribution in [3.63, 3.8) is 0 Å². The molecule has 1 fully saturated rings. The molecule has 0 bridgehead atoms. The summed E-state index contributed by atoms with van der Waals surface area (Å²) in [6.07, 6.45) is 3.42. The van der Waals surface area contributed by atoms with E-state index in [4.69, 9.17) is 4.84 Å². The predicted molar refractivity (Wildman–Crippen MR) is 110 cm³/mol. The van der Waals surface area contributed by atoms with E-state index in [1.807, 2.05) is 4.90 Å². The number of piperazine rings is 1. The van der Waals surface area contributed by atoms with E-state index in [1.165, 1.54) is 6.07 Å². The molecule has 2 heterocycles. The topological polar surface area (TPSA) is 99.7 Å². The maximum absolute atomic E-state index is 14.7. The number of hydrogen-bond donors (Lipinski definition) is 2. The first-order valence-electron chi connectivity index (χ1n) is 9.85. The maximum Gasteiger partial charge on any atom is 0.326 e. The molecular formula is C20H25FN6O3. The Morgan fingerprint density at radius 2 is 1.83 bits per heavy atom. The fourth-order valence-corrected chi connectivity index (χ4v) is 3.09. The van der Waals surface area contributed by atoms with Crippen LogP contribution < -0.4 is 20.6 Å². The van der Waals surface area contributed by atoms with Crippen molar-refractivity contribution in [2.24, 2.45) is 0 Å². The van der Waals surface area contributed by atoms with Crippen molar-refractivity contribution in [2.75, 3.05) is 49.1 Å². The average Bonchev–Trinajstić information content (AvgIpc) is 2.78. The molecule has 0 spiro atoms. The first-order valence-corrected chi connectivity index (χ1v) is 9.85. The average molecular weight is 416 g/mol. The molecule has 1 aromatic heterocycles. The molecule has 1 aromatic carbocycles. The smallest absolute Gasteiger partial charge is 0.326 e. The van der Waals surface area contributed by atoms with Gasteiger partial charge in [0.25, 0.3) is 5.91 Å². The van der Waals surface area contributed by atoms with Gasteiger partial charge in [-0.2, -0.15) is 5.48 Å². The number of aromatic nitrogens is 2. The summed E-state index contributed by atoms with van der Waals surface area (Å²) < 4.78 is 14.7. The van der Waals surface area contributed by atoms with Crippen LogP contribution in [0.25, 0.3) is 0 Å². The van der Waals surface area contributed by atoms with Crippen LogP contribution in [0.4, 0.5) is 16.0 Å². The fourth-order valence-electron chi connectivity index (χ4n) is 3.09. The number of benzene rings is 1. The van der Waals surface area contributed by atoms with Gasteiger partial charge in [-0.05, 0) is 31.2 Å². The number of anilines is 2. The van der Waals surface area contributed by atoms with Gasteiger partial charge in [-0.1, -0.05) is 0 Å². The molecule has 2 N–H and O–H groups in total. The quantitative estimate of drug-likeness (QED) is 0.618. The highest BCUT2D eigenvalue weighted by molar-refractivity contribution is 5.94.